The highest BCUT2D eigenvalue weighted by Crippen LogP contribution is 2.28. The third-order valence-corrected chi connectivity index (χ3v) is 8.14. The number of hydrogen-bond acceptors (Lipinski definition) is 10. The fraction of sp³-hybridized carbons (Fsp3) is 0.436. The molecule has 4 aromatic rings. The fourth-order valence-electron chi connectivity index (χ4n) is 5.11. The molecule has 0 amide bonds. The summed E-state index contributed by atoms with van der Waals surface area (Å²) in [6.07, 6.45) is 6.24. The quantitative estimate of drug-likeness (QED) is 0.0348. The molecular formula is C39H56Cl2FN7O3. The molecule has 1 aromatic heterocycles. The van der Waals surface area contributed by atoms with Crippen LogP contribution >= 0.6 is 24.0 Å². The van der Waals surface area contributed by atoms with E-state index in [1.807, 2.05) is 49.4 Å². The van der Waals surface area contributed by atoms with Gasteiger partial charge < -0.3 is 41.6 Å². The number of ether oxygens (including phenoxy) is 2. The standard InChI is InChI=1S/C21H21ClFN3O.C18H34N4O2.ClH/c1-3-16-13-20(26-21(22)24-16)25-19(4-2)14-5-9-17(10-6-14)27-18-11-7-15(23)8-12-18;1-24-18-14-16(6-7-17(18)23)15-22-13-5-12-21-10-3-2-9-20-11-4-8-19;/h5-13,19H,3-4H2,1-2H3,(H,24,25,26);6-7,14,20-23H,2-5,8-13,15,19H2,1H3;1H. The predicted octanol–water partition coefficient (Wildman–Crippen LogP) is 7.80. The third-order valence-electron chi connectivity index (χ3n) is 7.97. The van der Waals surface area contributed by atoms with Gasteiger partial charge in [-0.1, -0.05) is 32.0 Å². The molecule has 4 rings (SSSR count). The zero-order valence-electron chi connectivity index (χ0n) is 30.6. The molecule has 13 heteroatoms. The lowest BCUT2D eigenvalue weighted by atomic mass is 10.0. The number of aromatic hydroxyl groups is 1. The zero-order chi connectivity index (χ0) is 36.7. The van der Waals surface area contributed by atoms with Crippen LogP contribution in [0.4, 0.5) is 10.2 Å². The van der Waals surface area contributed by atoms with Crippen molar-refractivity contribution in [2.45, 2.75) is 65.0 Å². The molecule has 0 fully saturated rings. The molecule has 0 saturated carbocycles. The Morgan fingerprint density at radius 2 is 1.42 bits per heavy atom. The zero-order valence-corrected chi connectivity index (χ0v) is 32.2. The summed E-state index contributed by atoms with van der Waals surface area (Å²) in [4.78, 5) is 8.45. The number of aryl methyl sites for hydroxylation is 1. The molecule has 1 atom stereocenters. The number of unbranched alkanes of at least 4 members (excludes halogenated alkanes) is 1. The SMILES string of the molecule is CCc1cc(NC(CC)c2ccc(Oc3ccc(F)cc3)cc2)nc(Cl)n1.COc1cc(CNCCCNCCCCNCCCN)ccc1O.Cl. The van der Waals surface area contributed by atoms with Gasteiger partial charge in [0.2, 0.25) is 5.28 Å². The second kappa shape index (κ2) is 26.1. The molecular weight excluding hydrogens is 704 g/mol. The van der Waals surface area contributed by atoms with Crippen molar-refractivity contribution in [2.24, 2.45) is 5.73 Å². The average Bonchev–Trinajstić information content (AvgIpc) is 3.14. The number of nitrogens with one attached hydrogen (secondary N) is 4. The van der Waals surface area contributed by atoms with E-state index in [0.29, 0.717) is 23.1 Å². The van der Waals surface area contributed by atoms with E-state index in [0.717, 1.165) is 88.3 Å². The fourth-order valence-corrected chi connectivity index (χ4v) is 5.31. The van der Waals surface area contributed by atoms with Gasteiger partial charge in [0.05, 0.1) is 13.2 Å². The van der Waals surface area contributed by atoms with E-state index in [1.165, 1.54) is 25.0 Å². The summed E-state index contributed by atoms with van der Waals surface area (Å²) in [6, 6.07) is 21.2. The summed E-state index contributed by atoms with van der Waals surface area (Å²) >= 11 is 6.01. The Morgan fingerprint density at radius 1 is 0.808 bits per heavy atom. The molecule has 7 N–H and O–H groups in total. The number of rotatable bonds is 22. The maximum atomic E-state index is 13.0. The molecule has 0 radical (unpaired) electrons. The van der Waals surface area contributed by atoms with Gasteiger partial charge in [0.1, 0.15) is 23.1 Å². The normalized spacial score (nSPS) is 11.2. The van der Waals surface area contributed by atoms with Gasteiger partial charge >= 0.3 is 0 Å². The highest BCUT2D eigenvalue weighted by atomic mass is 35.5. The van der Waals surface area contributed by atoms with Crippen LogP contribution < -0.4 is 36.5 Å². The average molecular weight is 761 g/mol. The molecule has 52 heavy (non-hydrogen) atoms. The monoisotopic (exact) mass is 759 g/mol. The van der Waals surface area contributed by atoms with Crippen LogP contribution in [-0.2, 0) is 13.0 Å². The van der Waals surface area contributed by atoms with E-state index in [4.69, 9.17) is 26.8 Å². The maximum Gasteiger partial charge on any atom is 0.224 e. The smallest absolute Gasteiger partial charge is 0.224 e. The van der Waals surface area contributed by atoms with Crippen LogP contribution in [0.2, 0.25) is 5.28 Å². The first-order valence-corrected chi connectivity index (χ1v) is 18.2. The Bertz CT molecular complexity index is 1540. The van der Waals surface area contributed by atoms with Gasteiger partial charge in [-0.3, -0.25) is 0 Å². The number of nitrogens with zero attached hydrogens (tertiary/aromatic N) is 2. The minimum Gasteiger partial charge on any atom is -0.504 e. The van der Waals surface area contributed by atoms with Gasteiger partial charge in [-0.15, -0.1) is 12.4 Å². The first-order valence-electron chi connectivity index (χ1n) is 17.9. The predicted molar refractivity (Wildman–Crippen MR) is 213 cm³/mol. The van der Waals surface area contributed by atoms with Gasteiger partial charge in [-0.05, 0) is 149 Å². The molecule has 286 valence electrons. The van der Waals surface area contributed by atoms with Crippen LogP contribution in [0.1, 0.15) is 68.8 Å². The van der Waals surface area contributed by atoms with Crippen molar-refractivity contribution in [3.63, 3.8) is 0 Å². The molecule has 0 aliphatic heterocycles. The van der Waals surface area contributed by atoms with Gasteiger partial charge in [0.25, 0.3) is 0 Å². The second-order valence-electron chi connectivity index (χ2n) is 12.0. The van der Waals surface area contributed by atoms with Gasteiger partial charge in [-0.2, -0.15) is 0 Å². The second-order valence-corrected chi connectivity index (χ2v) is 12.3. The molecule has 3 aromatic carbocycles. The summed E-state index contributed by atoms with van der Waals surface area (Å²) < 4.78 is 23.8. The molecule has 0 spiro atoms. The number of halogens is 3. The Kier molecular flexibility index (Phi) is 22.3. The third kappa shape index (κ3) is 17.2. The number of nitrogens with two attached hydrogens (primary N) is 1. The summed E-state index contributed by atoms with van der Waals surface area (Å²) in [5.41, 5.74) is 8.56. The highest BCUT2D eigenvalue weighted by molar-refractivity contribution is 6.28. The Balaban J connectivity index is 0.000000356. The van der Waals surface area contributed by atoms with Crippen molar-refractivity contribution < 1.29 is 19.0 Å². The molecule has 1 unspecified atom stereocenters. The van der Waals surface area contributed by atoms with E-state index in [1.54, 1.807) is 25.3 Å². The number of anilines is 1. The number of phenolic OH excluding ortho intramolecular Hbond substituents is 1. The Labute approximate surface area is 319 Å². The van der Waals surface area contributed by atoms with Crippen LogP contribution in [0.5, 0.6) is 23.0 Å². The van der Waals surface area contributed by atoms with Crippen molar-refractivity contribution in [1.82, 2.24) is 25.9 Å². The van der Waals surface area contributed by atoms with Crippen molar-refractivity contribution >= 4 is 29.8 Å². The Morgan fingerprint density at radius 3 is 2.04 bits per heavy atom. The van der Waals surface area contributed by atoms with E-state index in [9.17, 15) is 9.50 Å². The number of phenols is 1. The molecule has 1 heterocycles. The first kappa shape index (κ1) is 44.5. The van der Waals surface area contributed by atoms with Crippen LogP contribution in [-0.4, -0.2) is 61.5 Å². The minimum absolute atomic E-state index is 0. The molecule has 0 saturated heterocycles. The van der Waals surface area contributed by atoms with Crippen LogP contribution in [0.15, 0.2) is 72.8 Å². The number of hydrogen-bond donors (Lipinski definition) is 6. The minimum atomic E-state index is -0.286. The number of benzene rings is 3. The van der Waals surface area contributed by atoms with Gasteiger partial charge in [0, 0.05) is 18.3 Å². The summed E-state index contributed by atoms with van der Waals surface area (Å²) in [7, 11) is 1.56. The van der Waals surface area contributed by atoms with Crippen molar-refractivity contribution in [1.29, 1.82) is 0 Å². The molecule has 0 aliphatic carbocycles. The van der Waals surface area contributed by atoms with E-state index in [-0.39, 0.29) is 35.3 Å². The molecule has 0 aliphatic rings. The van der Waals surface area contributed by atoms with Crippen molar-refractivity contribution in [3.05, 3.63) is 101 Å². The number of aromatic nitrogens is 2. The lowest BCUT2D eigenvalue weighted by molar-refractivity contribution is 0.373. The van der Waals surface area contributed by atoms with Crippen LogP contribution in [0.25, 0.3) is 0 Å². The summed E-state index contributed by atoms with van der Waals surface area (Å²) in [5, 5.41) is 23.5. The topological polar surface area (TPSA) is 139 Å². The molecule has 10 nitrogen and oxygen atoms in total. The van der Waals surface area contributed by atoms with E-state index < -0.39 is 0 Å². The molecule has 0 bridgehead atoms. The van der Waals surface area contributed by atoms with E-state index >= 15 is 0 Å². The van der Waals surface area contributed by atoms with Crippen molar-refractivity contribution in [2.75, 3.05) is 51.7 Å². The van der Waals surface area contributed by atoms with Crippen molar-refractivity contribution in [3.8, 4) is 23.0 Å². The first-order chi connectivity index (χ1) is 24.8. The van der Waals surface area contributed by atoms with Crippen LogP contribution in [0, 0.1) is 5.82 Å². The van der Waals surface area contributed by atoms with Crippen LogP contribution in [0.3, 0.4) is 0 Å². The summed E-state index contributed by atoms with van der Waals surface area (Å²) in [6.45, 7) is 10.9. The van der Waals surface area contributed by atoms with Gasteiger partial charge in [-0.25, -0.2) is 14.4 Å². The lowest BCUT2D eigenvalue weighted by Gasteiger charge is -2.19. The summed E-state index contributed by atoms with van der Waals surface area (Å²) in [5.74, 6) is 2.42. The Hall–Kier alpha value is -3.71. The highest BCUT2D eigenvalue weighted by Gasteiger charge is 2.12. The van der Waals surface area contributed by atoms with Gasteiger partial charge in [0.15, 0.2) is 11.5 Å². The maximum absolute atomic E-state index is 13.0. The number of methoxy groups -OCH3 is 1. The van der Waals surface area contributed by atoms with E-state index in [2.05, 4.69) is 38.2 Å². The largest absolute Gasteiger partial charge is 0.504 e. The lowest BCUT2D eigenvalue weighted by Crippen LogP contribution is -2.24.